The van der Waals surface area contributed by atoms with E-state index in [9.17, 15) is 18.0 Å². The lowest BCUT2D eigenvalue weighted by atomic mass is 9.80. The van der Waals surface area contributed by atoms with Gasteiger partial charge in [0.15, 0.2) is 0 Å². The maximum Gasteiger partial charge on any atom is 0.391 e. The molecule has 1 amide bonds. The highest BCUT2D eigenvalue weighted by Crippen LogP contribution is 2.40. The summed E-state index contributed by atoms with van der Waals surface area (Å²) in [6.07, 6.45) is 2.09. The van der Waals surface area contributed by atoms with Crippen molar-refractivity contribution in [2.75, 3.05) is 0 Å². The highest BCUT2D eigenvalue weighted by atomic mass is 19.4. The second-order valence-corrected chi connectivity index (χ2v) is 6.34. The highest BCUT2D eigenvalue weighted by molar-refractivity contribution is 5.79. The van der Waals surface area contributed by atoms with E-state index in [0.29, 0.717) is 19.4 Å². The number of rotatable bonds is 2. The molecule has 0 unspecified atom stereocenters. The van der Waals surface area contributed by atoms with Crippen LogP contribution in [0.4, 0.5) is 13.2 Å². The van der Waals surface area contributed by atoms with E-state index in [4.69, 9.17) is 0 Å². The average molecular weight is 315 g/mol. The van der Waals surface area contributed by atoms with Gasteiger partial charge in [-0.1, -0.05) is 6.42 Å². The number of halogens is 3. The summed E-state index contributed by atoms with van der Waals surface area (Å²) in [5.74, 6) is -1.06. The quantitative estimate of drug-likeness (QED) is 0.912. The van der Waals surface area contributed by atoms with Crippen LogP contribution >= 0.6 is 0 Å². The van der Waals surface area contributed by atoms with E-state index in [1.807, 2.05) is 10.8 Å². The molecule has 3 atom stereocenters. The third-order valence-electron chi connectivity index (χ3n) is 4.79. The number of carbonyl (C=O) groups excluding carboxylic acids is 1. The van der Waals surface area contributed by atoms with Gasteiger partial charge in [-0.15, -0.1) is 0 Å². The van der Waals surface area contributed by atoms with Crippen molar-refractivity contribution < 1.29 is 18.0 Å². The van der Waals surface area contributed by atoms with Crippen molar-refractivity contribution in [2.24, 2.45) is 11.8 Å². The van der Waals surface area contributed by atoms with Crippen LogP contribution in [0.15, 0.2) is 12.4 Å². The highest BCUT2D eigenvalue weighted by Gasteiger charge is 2.43. The molecule has 1 aromatic rings. The first-order valence-corrected chi connectivity index (χ1v) is 7.80. The number of hydrogen-bond acceptors (Lipinski definition) is 2. The molecule has 1 N–H and O–H groups in total. The van der Waals surface area contributed by atoms with E-state index in [0.717, 1.165) is 18.7 Å². The molecule has 2 heterocycles. The van der Waals surface area contributed by atoms with Gasteiger partial charge in [0.1, 0.15) is 5.82 Å². The lowest BCUT2D eigenvalue weighted by Crippen LogP contribution is -2.45. The normalized spacial score (nSPS) is 29.0. The zero-order chi connectivity index (χ0) is 15.7. The Labute approximate surface area is 127 Å². The number of hydrogen-bond donors (Lipinski definition) is 1. The predicted molar refractivity (Wildman–Crippen MR) is 74.0 cm³/mol. The van der Waals surface area contributed by atoms with Crippen LogP contribution in [-0.2, 0) is 17.8 Å². The fourth-order valence-electron chi connectivity index (χ4n) is 3.53. The van der Waals surface area contributed by atoms with E-state index in [1.165, 1.54) is 0 Å². The fourth-order valence-corrected chi connectivity index (χ4v) is 3.53. The summed E-state index contributed by atoms with van der Waals surface area (Å²) in [7, 11) is 0. The van der Waals surface area contributed by atoms with Gasteiger partial charge in [0.05, 0.1) is 5.92 Å². The van der Waals surface area contributed by atoms with Crippen LogP contribution in [0.1, 0.15) is 37.9 Å². The minimum Gasteiger partial charge on any atom is -0.351 e. The first-order chi connectivity index (χ1) is 10.4. The molecule has 3 rings (SSSR count). The summed E-state index contributed by atoms with van der Waals surface area (Å²) >= 11 is 0. The molecule has 1 fully saturated rings. The number of carbonyl (C=O) groups is 1. The van der Waals surface area contributed by atoms with E-state index < -0.39 is 18.0 Å². The Morgan fingerprint density at radius 3 is 2.91 bits per heavy atom. The largest absolute Gasteiger partial charge is 0.391 e. The molecule has 1 saturated carbocycles. The minimum atomic E-state index is -4.19. The van der Waals surface area contributed by atoms with Crippen LogP contribution in [-0.4, -0.2) is 27.7 Å². The molecular weight excluding hydrogens is 295 g/mol. The lowest BCUT2D eigenvalue weighted by molar-refractivity contribution is -0.186. The van der Waals surface area contributed by atoms with E-state index in [1.54, 1.807) is 6.20 Å². The Balaban J connectivity index is 1.56. The summed E-state index contributed by atoms with van der Waals surface area (Å²) in [5, 5.41) is 2.94. The molecule has 0 bridgehead atoms. The predicted octanol–water partition coefficient (Wildman–Crippen LogP) is 2.68. The number of fused-ring (bicyclic) bond motifs is 1. The van der Waals surface area contributed by atoms with Crippen LogP contribution < -0.4 is 5.32 Å². The lowest BCUT2D eigenvalue weighted by Gasteiger charge is -2.32. The molecule has 2 aliphatic rings. The van der Waals surface area contributed by atoms with E-state index in [-0.39, 0.29) is 24.8 Å². The molecule has 7 heteroatoms. The minimum absolute atomic E-state index is 0.0135. The molecule has 1 aliphatic carbocycles. The Kier molecular flexibility index (Phi) is 4.14. The maximum atomic E-state index is 12.8. The van der Waals surface area contributed by atoms with Crippen LogP contribution in [0.25, 0.3) is 0 Å². The van der Waals surface area contributed by atoms with Gasteiger partial charge in [0.2, 0.25) is 5.91 Å². The van der Waals surface area contributed by atoms with Crippen LogP contribution in [0.5, 0.6) is 0 Å². The zero-order valence-corrected chi connectivity index (χ0v) is 12.3. The SMILES string of the molecule is O=C(N[C@@H]1CCc2nccn2C1)[C@@H]1CCC[C@H](C(F)(F)F)C1. The second-order valence-electron chi connectivity index (χ2n) is 6.34. The van der Waals surface area contributed by atoms with Gasteiger partial charge in [0, 0.05) is 37.3 Å². The van der Waals surface area contributed by atoms with Gasteiger partial charge >= 0.3 is 6.18 Å². The van der Waals surface area contributed by atoms with Crippen molar-refractivity contribution in [3.05, 3.63) is 18.2 Å². The second kappa shape index (κ2) is 5.93. The summed E-state index contributed by atoms with van der Waals surface area (Å²) in [6.45, 7) is 0.649. The summed E-state index contributed by atoms with van der Waals surface area (Å²) in [5.41, 5.74) is 0. The summed E-state index contributed by atoms with van der Waals surface area (Å²) in [4.78, 5) is 16.5. The average Bonchev–Trinajstić information content (AvgIpc) is 2.94. The third kappa shape index (κ3) is 3.28. The molecule has 1 aromatic heterocycles. The first kappa shape index (κ1) is 15.4. The number of alkyl halides is 3. The Morgan fingerprint density at radius 1 is 1.32 bits per heavy atom. The van der Waals surface area contributed by atoms with Crippen LogP contribution in [0, 0.1) is 11.8 Å². The fraction of sp³-hybridized carbons (Fsp3) is 0.733. The first-order valence-electron chi connectivity index (χ1n) is 7.80. The van der Waals surface area contributed by atoms with Gasteiger partial charge in [-0.3, -0.25) is 4.79 Å². The topological polar surface area (TPSA) is 46.9 Å². The van der Waals surface area contributed by atoms with Crippen molar-refractivity contribution >= 4 is 5.91 Å². The number of nitrogens with zero attached hydrogens (tertiary/aromatic N) is 2. The van der Waals surface area contributed by atoms with Crippen molar-refractivity contribution in [1.82, 2.24) is 14.9 Å². The van der Waals surface area contributed by atoms with Crippen molar-refractivity contribution in [3.8, 4) is 0 Å². The molecule has 0 aromatic carbocycles. The molecular formula is C15H20F3N3O. The number of aromatic nitrogens is 2. The standard InChI is InChI=1S/C15H20F3N3O/c16-15(17,18)11-3-1-2-10(8-11)14(22)20-12-4-5-13-19-6-7-21(13)9-12/h6-7,10-12H,1-5,8-9H2,(H,20,22)/t10-,11+,12-/m1/s1. The Bertz CT molecular complexity index is 540. The maximum absolute atomic E-state index is 12.8. The van der Waals surface area contributed by atoms with Crippen LogP contribution in [0.2, 0.25) is 0 Å². The summed E-state index contributed by atoms with van der Waals surface area (Å²) < 4.78 is 40.5. The smallest absolute Gasteiger partial charge is 0.351 e. The van der Waals surface area contributed by atoms with Crippen LogP contribution in [0.3, 0.4) is 0 Å². The zero-order valence-electron chi connectivity index (χ0n) is 12.3. The number of nitrogens with one attached hydrogen (secondary N) is 1. The number of amides is 1. The van der Waals surface area contributed by atoms with Gasteiger partial charge in [-0.05, 0) is 25.7 Å². The van der Waals surface area contributed by atoms with E-state index in [2.05, 4.69) is 10.3 Å². The molecule has 0 spiro atoms. The number of aryl methyl sites for hydroxylation is 1. The van der Waals surface area contributed by atoms with E-state index >= 15 is 0 Å². The molecule has 0 saturated heterocycles. The van der Waals surface area contributed by atoms with Gasteiger partial charge in [0.25, 0.3) is 0 Å². The summed E-state index contributed by atoms with van der Waals surface area (Å²) in [6, 6.07) is -0.0135. The Morgan fingerprint density at radius 2 is 2.14 bits per heavy atom. The molecule has 0 radical (unpaired) electrons. The van der Waals surface area contributed by atoms with Crippen molar-refractivity contribution in [3.63, 3.8) is 0 Å². The molecule has 122 valence electrons. The van der Waals surface area contributed by atoms with Gasteiger partial charge in [-0.25, -0.2) is 4.98 Å². The molecule has 22 heavy (non-hydrogen) atoms. The number of imidazole rings is 1. The molecule has 1 aliphatic heterocycles. The third-order valence-corrected chi connectivity index (χ3v) is 4.79. The van der Waals surface area contributed by atoms with Gasteiger partial charge in [-0.2, -0.15) is 13.2 Å². The van der Waals surface area contributed by atoms with Gasteiger partial charge < -0.3 is 9.88 Å². The van der Waals surface area contributed by atoms with Crippen molar-refractivity contribution in [1.29, 1.82) is 0 Å². The van der Waals surface area contributed by atoms with Crippen molar-refractivity contribution in [2.45, 2.75) is 57.3 Å². The Hall–Kier alpha value is -1.53. The molecule has 4 nitrogen and oxygen atoms in total. The monoisotopic (exact) mass is 315 g/mol.